The zero-order valence-corrected chi connectivity index (χ0v) is 22.2. The first-order valence-electron chi connectivity index (χ1n) is 12.1. The summed E-state index contributed by atoms with van der Waals surface area (Å²) in [6.07, 6.45) is 6.55. The first-order valence-corrected chi connectivity index (χ1v) is 13.2. The van der Waals surface area contributed by atoms with Crippen molar-refractivity contribution in [3.8, 4) is 11.6 Å². The van der Waals surface area contributed by atoms with Crippen LogP contribution >= 0.6 is 0 Å². The molecule has 10 nitrogen and oxygen atoms in total. The lowest BCUT2D eigenvalue weighted by Gasteiger charge is -2.20. The molecule has 198 valence electrons. The van der Waals surface area contributed by atoms with Crippen molar-refractivity contribution in [1.82, 2.24) is 15.3 Å². The van der Waals surface area contributed by atoms with Gasteiger partial charge in [-0.1, -0.05) is 13.3 Å². The SMILES string of the molecule is CCC1CC(=O)NC1COc1ncc(NS(=O)c2cccnc2)c2cc(C=O)c(OC(C)C)cc12.CN. The van der Waals surface area contributed by atoms with Crippen LogP contribution in [-0.4, -0.2) is 52.2 Å². The number of ether oxygens (including phenoxy) is 2. The van der Waals surface area contributed by atoms with Gasteiger partial charge in [0.2, 0.25) is 11.8 Å². The molecule has 1 amide bonds. The highest BCUT2D eigenvalue weighted by Crippen LogP contribution is 2.36. The number of nitrogens with one attached hydrogen (secondary N) is 2. The van der Waals surface area contributed by atoms with E-state index in [4.69, 9.17) is 9.47 Å². The summed E-state index contributed by atoms with van der Waals surface area (Å²) in [5.74, 6) is 0.946. The van der Waals surface area contributed by atoms with Crippen molar-refractivity contribution < 1.29 is 23.3 Å². The molecule has 0 aliphatic carbocycles. The van der Waals surface area contributed by atoms with E-state index in [-0.39, 0.29) is 30.6 Å². The predicted molar refractivity (Wildman–Crippen MR) is 143 cm³/mol. The molecule has 2 aromatic heterocycles. The molecule has 4 rings (SSSR count). The van der Waals surface area contributed by atoms with Crippen molar-refractivity contribution in [2.75, 3.05) is 18.4 Å². The average Bonchev–Trinajstić information content (AvgIpc) is 3.28. The van der Waals surface area contributed by atoms with Crippen LogP contribution in [0.1, 0.15) is 44.0 Å². The van der Waals surface area contributed by atoms with Gasteiger partial charge in [-0.05, 0) is 51.1 Å². The number of anilines is 1. The molecule has 11 heteroatoms. The molecular weight excluding hydrogens is 494 g/mol. The molecule has 3 aromatic rings. The fourth-order valence-corrected chi connectivity index (χ4v) is 4.90. The van der Waals surface area contributed by atoms with E-state index < -0.39 is 11.0 Å². The standard InChI is InChI=1S/C25H28N4O5S.CH5N/c1-4-16-9-24(31)28-22(16)14-33-25-20-10-23(34-15(2)3)17(13-30)8-19(20)21(12-27-25)29-35(32)18-6-5-7-26-11-18;1-2/h5-8,10-13,15-16,22,29H,4,9,14H2,1-3H3,(H,28,31);2H2,1H3. The van der Waals surface area contributed by atoms with E-state index in [0.29, 0.717) is 45.0 Å². The summed E-state index contributed by atoms with van der Waals surface area (Å²) >= 11 is 0. The van der Waals surface area contributed by atoms with Crippen LogP contribution in [0.3, 0.4) is 0 Å². The largest absolute Gasteiger partial charge is 0.490 e. The van der Waals surface area contributed by atoms with E-state index in [9.17, 15) is 13.8 Å². The van der Waals surface area contributed by atoms with Crippen molar-refractivity contribution in [3.05, 3.63) is 48.4 Å². The maximum atomic E-state index is 12.9. The topological polar surface area (TPSA) is 146 Å². The Morgan fingerprint density at radius 1 is 1.27 bits per heavy atom. The average molecular weight is 528 g/mol. The molecule has 0 saturated carbocycles. The molecule has 0 radical (unpaired) electrons. The predicted octanol–water partition coefficient (Wildman–Crippen LogP) is 3.23. The van der Waals surface area contributed by atoms with Gasteiger partial charge >= 0.3 is 0 Å². The highest BCUT2D eigenvalue weighted by Gasteiger charge is 2.31. The van der Waals surface area contributed by atoms with Crippen molar-refractivity contribution in [2.24, 2.45) is 11.7 Å². The number of nitrogens with two attached hydrogens (primary N) is 1. The van der Waals surface area contributed by atoms with E-state index in [1.165, 1.54) is 19.4 Å². The van der Waals surface area contributed by atoms with Crippen LogP contribution in [0.15, 0.2) is 47.8 Å². The van der Waals surface area contributed by atoms with Crippen LogP contribution in [0.2, 0.25) is 0 Å². The maximum absolute atomic E-state index is 12.9. The van der Waals surface area contributed by atoms with Crippen LogP contribution in [-0.2, 0) is 15.8 Å². The highest BCUT2D eigenvalue weighted by molar-refractivity contribution is 7.86. The molecule has 1 fully saturated rings. The molecule has 4 N–H and O–H groups in total. The quantitative estimate of drug-likeness (QED) is 0.341. The fraction of sp³-hybridized carbons (Fsp3) is 0.385. The monoisotopic (exact) mass is 527 g/mol. The third-order valence-corrected chi connectivity index (χ3v) is 6.88. The number of pyridine rings is 2. The Balaban J connectivity index is 0.00000186. The summed E-state index contributed by atoms with van der Waals surface area (Å²) in [5.41, 5.74) is 5.32. The highest BCUT2D eigenvalue weighted by atomic mass is 32.2. The summed E-state index contributed by atoms with van der Waals surface area (Å²) in [5, 5.41) is 4.16. The van der Waals surface area contributed by atoms with Crippen molar-refractivity contribution >= 4 is 39.6 Å². The third kappa shape index (κ3) is 6.80. The lowest BCUT2D eigenvalue weighted by Crippen LogP contribution is -2.34. The van der Waals surface area contributed by atoms with Crippen LogP contribution in [0, 0.1) is 5.92 Å². The Labute approximate surface area is 218 Å². The molecular formula is C26H33N5O5S. The Morgan fingerprint density at radius 2 is 2.05 bits per heavy atom. The van der Waals surface area contributed by atoms with Crippen molar-refractivity contribution in [1.29, 1.82) is 0 Å². The molecule has 0 spiro atoms. The number of amides is 1. The molecule has 1 saturated heterocycles. The number of fused-ring (bicyclic) bond motifs is 1. The minimum absolute atomic E-state index is 0.0175. The first kappa shape index (κ1) is 28.0. The Kier molecular flexibility index (Phi) is 9.93. The summed E-state index contributed by atoms with van der Waals surface area (Å²) in [4.78, 5) is 32.7. The summed E-state index contributed by atoms with van der Waals surface area (Å²) in [7, 11) is -0.0961. The third-order valence-electron chi connectivity index (χ3n) is 5.81. The minimum atomic E-state index is -1.60. The van der Waals surface area contributed by atoms with Crippen LogP contribution in [0.5, 0.6) is 11.6 Å². The van der Waals surface area contributed by atoms with Gasteiger partial charge < -0.3 is 20.5 Å². The van der Waals surface area contributed by atoms with E-state index in [1.54, 1.807) is 30.5 Å². The Hall–Kier alpha value is -3.57. The zero-order valence-electron chi connectivity index (χ0n) is 21.4. The maximum Gasteiger partial charge on any atom is 0.221 e. The van der Waals surface area contributed by atoms with Gasteiger partial charge in [-0.3, -0.25) is 19.3 Å². The second-order valence-electron chi connectivity index (χ2n) is 8.61. The molecule has 3 atom stereocenters. The van der Waals surface area contributed by atoms with Gasteiger partial charge in [-0.2, -0.15) is 0 Å². The van der Waals surface area contributed by atoms with Gasteiger partial charge in [0, 0.05) is 29.6 Å². The normalized spacial score (nSPS) is 17.5. The summed E-state index contributed by atoms with van der Waals surface area (Å²) in [6.45, 7) is 6.05. The number of aldehydes is 1. The van der Waals surface area contributed by atoms with Crippen molar-refractivity contribution in [2.45, 2.75) is 50.7 Å². The van der Waals surface area contributed by atoms with Crippen LogP contribution in [0.25, 0.3) is 10.8 Å². The number of hydrogen-bond acceptors (Lipinski definition) is 8. The van der Waals surface area contributed by atoms with E-state index >= 15 is 0 Å². The molecule has 1 aliphatic heterocycles. The number of carbonyl (C=O) groups is 2. The second kappa shape index (κ2) is 13.1. The van der Waals surface area contributed by atoms with E-state index in [2.05, 4.69) is 25.7 Å². The number of rotatable bonds is 10. The lowest BCUT2D eigenvalue weighted by molar-refractivity contribution is -0.119. The number of benzene rings is 1. The first-order chi connectivity index (χ1) is 17.9. The van der Waals surface area contributed by atoms with Crippen molar-refractivity contribution in [3.63, 3.8) is 0 Å². The summed E-state index contributed by atoms with van der Waals surface area (Å²) < 4.78 is 27.8. The lowest BCUT2D eigenvalue weighted by atomic mass is 9.98. The molecule has 37 heavy (non-hydrogen) atoms. The number of aromatic nitrogens is 2. The molecule has 1 aliphatic rings. The van der Waals surface area contributed by atoms with Gasteiger partial charge in [-0.25, -0.2) is 9.19 Å². The zero-order chi connectivity index (χ0) is 26.9. The minimum Gasteiger partial charge on any atom is -0.490 e. The Bertz CT molecular complexity index is 1260. The number of hydrogen-bond donors (Lipinski definition) is 3. The van der Waals surface area contributed by atoms with Gasteiger partial charge in [-0.15, -0.1) is 0 Å². The van der Waals surface area contributed by atoms with Gasteiger partial charge in [0.15, 0.2) is 17.3 Å². The summed E-state index contributed by atoms with van der Waals surface area (Å²) in [6, 6.07) is 6.68. The van der Waals surface area contributed by atoms with Gasteiger partial charge in [0.05, 0.1) is 34.5 Å². The van der Waals surface area contributed by atoms with Crippen LogP contribution < -0.4 is 25.2 Å². The molecule has 1 aromatic carbocycles. The molecule has 3 unspecified atom stereocenters. The second-order valence-corrected chi connectivity index (χ2v) is 9.83. The molecule has 3 heterocycles. The molecule has 0 bridgehead atoms. The van der Waals surface area contributed by atoms with Gasteiger partial charge in [0.25, 0.3) is 0 Å². The smallest absolute Gasteiger partial charge is 0.221 e. The Morgan fingerprint density at radius 3 is 2.70 bits per heavy atom. The van der Waals surface area contributed by atoms with Gasteiger partial charge in [0.1, 0.15) is 12.4 Å². The van der Waals surface area contributed by atoms with Crippen LogP contribution in [0.4, 0.5) is 5.69 Å². The van der Waals surface area contributed by atoms with E-state index in [1.807, 2.05) is 20.8 Å². The number of carbonyl (C=O) groups excluding carboxylic acids is 2. The fourth-order valence-electron chi connectivity index (χ4n) is 4.06. The number of nitrogens with zero attached hydrogens (tertiary/aromatic N) is 2. The van der Waals surface area contributed by atoms with E-state index in [0.717, 1.165) is 12.7 Å².